The smallest absolute Gasteiger partial charge is 0.332 e. The van der Waals surface area contributed by atoms with Crippen molar-refractivity contribution in [1.82, 2.24) is 14.5 Å². The Kier molecular flexibility index (Phi) is 6.25. The van der Waals surface area contributed by atoms with Gasteiger partial charge in [-0.1, -0.05) is 38.1 Å². The number of hydrogen-bond acceptors (Lipinski definition) is 4. The average Bonchev–Trinajstić information content (AvgIpc) is 2.73. The standard InChI is InChI=1S/C22H30N4O3/c1-15(2)17-9-7-16(8-10-17)13-23-21(28)18-6-5-11-26(14-18)19-12-20(27)25(4)22(29)24(19)3/h7-10,12,15,18H,5-6,11,13-14H2,1-4H3,(H,23,28)/t18-/m0/s1. The number of piperidine rings is 1. The normalized spacial score (nSPS) is 16.9. The second kappa shape index (κ2) is 8.68. The van der Waals surface area contributed by atoms with Crippen molar-refractivity contribution in [3.8, 4) is 0 Å². The number of hydrogen-bond donors (Lipinski definition) is 1. The van der Waals surface area contributed by atoms with E-state index in [2.05, 4.69) is 43.4 Å². The van der Waals surface area contributed by atoms with E-state index in [1.54, 1.807) is 7.05 Å². The summed E-state index contributed by atoms with van der Waals surface area (Å²) in [4.78, 5) is 38.9. The minimum atomic E-state index is -0.357. The van der Waals surface area contributed by atoms with Gasteiger partial charge in [0.2, 0.25) is 5.91 Å². The molecule has 0 spiro atoms. The molecule has 156 valence electrons. The highest BCUT2D eigenvalue weighted by Crippen LogP contribution is 2.22. The van der Waals surface area contributed by atoms with Crippen LogP contribution in [0.25, 0.3) is 0 Å². The Hall–Kier alpha value is -2.83. The van der Waals surface area contributed by atoms with Crippen LogP contribution >= 0.6 is 0 Å². The molecule has 0 aliphatic carbocycles. The first-order chi connectivity index (χ1) is 13.8. The molecule has 0 bridgehead atoms. The van der Waals surface area contributed by atoms with Crippen molar-refractivity contribution in [1.29, 1.82) is 0 Å². The summed E-state index contributed by atoms with van der Waals surface area (Å²) in [7, 11) is 3.12. The second-order valence-electron chi connectivity index (χ2n) is 8.14. The summed E-state index contributed by atoms with van der Waals surface area (Å²) in [5.74, 6) is 0.895. The van der Waals surface area contributed by atoms with Gasteiger partial charge < -0.3 is 10.2 Å². The van der Waals surface area contributed by atoms with Crippen LogP contribution in [-0.4, -0.2) is 28.1 Å². The van der Waals surface area contributed by atoms with Crippen LogP contribution in [-0.2, 0) is 25.4 Å². The monoisotopic (exact) mass is 398 g/mol. The summed E-state index contributed by atoms with van der Waals surface area (Å²) in [5.41, 5.74) is 1.66. The molecule has 1 amide bonds. The van der Waals surface area contributed by atoms with Crippen molar-refractivity contribution < 1.29 is 4.79 Å². The number of rotatable bonds is 5. The Balaban J connectivity index is 1.65. The number of amides is 1. The molecule has 0 radical (unpaired) electrons. The lowest BCUT2D eigenvalue weighted by molar-refractivity contribution is -0.125. The number of anilines is 1. The van der Waals surface area contributed by atoms with Gasteiger partial charge in [0.15, 0.2) is 0 Å². The lowest BCUT2D eigenvalue weighted by Gasteiger charge is -2.34. The third-order valence-electron chi connectivity index (χ3n) is 5.73. The van der Waals surface area contributed by atoms with Crippen molar-refractivity contribution in [2.24, 2.45) is 20.0 Å². The van der Waals surface area contributed by atoms with Gasteiger partial charge in [0, 0.05) is 39.8 Å². The zero-order chi connectivity index (χ0) is 21.1. The molecule has 0 saturated carbocycles. The molecule has 3 rings (SSSR count). The minimum absolute atomic E-state index is 0.0106. The fourth-order valence-electron chi connectivity index (χ4n) is 3.78. The second-order valence-corrected chi connectivity index (χ2v) is 8.14. The average molecular weight is 399 g/mol. The molecule has 1 aliphatic rings. The molecule has 1 aromatic carbocycles. The summed E-state index contributed by atoms with van der Waals surface area (Å²) in [6.45, 7) is 6.03. The Labute approximate surface area is 171 Å². The minimum Gasteiger partial charge on any atom is -0.357 e. The maximum absolute atomic E-state index is 12.7. The summed E-state index contributed by atoms with van der Waals surface area (Å²) >= 11 is 0. The Bertz CT molecular complexity index is 989. The predicted molar refractivity (Wildman–Crippen MR) is 114 cm³/mol. The Morgan fingerprint density at radius 2 is 1.83 bits per heavy atom. The molecule has 1 aliphatic heterocycles. The lowest BCUT2D eigenvalue weighted by Crippen LogP contribution is -2.46. The van der Waals surface area contributed by atoms with Gasteiger partial charge in [0.25, 0.3) is 5.56 Å². The van der Waals surface area contributed by atoms with Gasteiger partial charge in [-0.3, -0.25) is 18.7 Å². The van der Waals surface area contributed by atoms with Gasteiger partial charge in [0.05, 0.1) is 5.92 Å². The van der Waals surface area contributed by atoms with Crippen molar-refractivity contribution in [3.63, 3.8) is 0 Å². The van der Waals surface area contributed by atoms with Gasteiger partial charge >= 0.3 is 5.69 Å². The quantitative estimate of drug-likeness (QED) is 0.832. The molecule has 1 fully saturated rings. The molecule has 29 heavy (non-hydrogen) atoms. The molecule has 1 saturated heterocycles. The zero-order valence-electron chi connectivity index (χ0n) is 17.6. The van der Waals surface area contributed by atoms with E-state index in [9.17, 15) is 14.4 Å². The van der Waals surface area contributed by atoms with Gasteiger partial charge in [-0.05, 0) is 29.9 Å². The topological polar surface area (TPSA) is 76.3 Å². The number of nitrogens with zero attached hydrogens (tertiary/aromatic N) is 3. The van der Waals surface area contributed by atoms with E-state index < -0.39 is 0 Å². The number of aromatic nitrogens is 2. The summed E-state index contributed by atoms with van der Waals surface area (Å²) in [6.07, 6.45) is 1.64. The van der Waals surface area contributed by atoms with Crippen molar-refractivity contribution in [2.75, 3.05) is 18.0 Å². The van der Waals surface area contributed by atoms with Crippen LogP contribution in [0, 0.1) is 5.92 Å². The molecular formula is C22H30N4O3. The molecule has 1 N–H and O–H groups in total. The molecule has 0 unspecified atom stereocenters. The molecular weight excluding hydrogens is 368 g/mol. The molecule has 7 nitrogen and oxygen atoms in total. The van der Waals surface area contributed by atoms with Crippen LogP contribution < -0.4 is 21.5 Å². The molecule has 1 aromatic heterocycles. The third kappa shape index (κ3) is 4.60. The van der Waals surface area contributed by atoms with Gasteiger partial charge in [0.1, 0.15) is 5.82 Å². The number of carbonyl (C=O) groups is 1. The molecule has 7 heteroatoms. The van der Waals surface area contributed by atoms with E-state index >= 15 is 0 Å². The zero-order valence-corrected chi connectivity index (χ0v) is 17.6. The summed E-state index contributed by atoms with van der Waals surface area (Å²) in [6, 6.07) is 9.78. The fraction of sp³-hybridized carbons (Fsp3) is 0.500. The largest absolute Gasteiger partial charge is 0.357 e. The first kappa shape index (κ1) is 20.9. The SMILES string of the molecule is CC(C)c1ccc(CNC(=O)[C@H]2CCCN(c3cc(=O)n(C)c(=O)n3C)C2)cc1. The van der Waals surface area contributed by atoms with Gasteiger partial charge in [-0.15, -0.1) is 0 Å². The highest BCUT2D eigenvalue weighted by molar-refractivity contribution is 5.79. The first-order valence-corrected chi connectivity index (χ1v) is 10.2. The van der Waals surface area contributed by atoms with Crippen LogP contribution in [0.15, 0.2) is 39.9 Å². The predicted octanol–water partition coefficient (Wildman–Crippen LogP) is 1.74. The van der Waals surface area contributed by atoms with Crippen LogP contribution in [0.3, 0.4) is 0 Å². The van der Waals surface area contributed by atoms with E-state index in [-0.39, 0.29) is 23.1 Å². The van der Waals surface area contributed by atoms with Crippen molar-refractivity contribution in [2.45, 2.75) is 39.2 Å². The molecule has 1 atom stereocenters. The van der Waals surface area contributed by atoms with Crippen LogP contribution in [0.1, 0.15) is 43.7 Å². The molecule has 2 aromatic rings. The summed E-state index contributed by atoms with van der Waals surface area (Å²) < 4.78 is 2.56. The number of benzene rings is 1. The van der Waals surface area contributed by atoms with E-state index in [0.717, 1.165) is 29.5 Å². The summed E-state index contributed by atoms with van der Waals surface area (Å²) in [5, 5.41) is 3.04. The van der Waals surface area contributed by atoms with Gasteiger partial charge in [-0.25, -0.2) is 4.79 Å². The van der Waals surface area contributed by atoms with E-state index in [1.807, 2.05) is 4.90 Å². The van der Waals surface area contributed by atoms with Gasteiger partial charge in [-0.2, -0.15) is 0 Å². The van der Waals surface area contributed by atoms with E-state index in [0.29, 0.717) is 24.8 Å². The number of nitrogens with one attached hydrogen (secondary N) is 1. The highest BCUT2D eigenvalue weighted by atomic mass is 16.2. The van der Waals surface area contributed by atoms with Crippen LogP contribution in [0.4, 0.5) is 5.82 Å². The van der Waals surface area contributed by atoms with Crippen LogP contribution in [0.2, 0.25) is 0 Å². The Morgan fingerprint density at radius 1 is 1.14 bits per heavy atom. The fourth-order valence-corrected chi connectivity index (χ4v) is 3.78. The third-order valence-corrected chi connectivity index (χ3v) is 5.73. The number of carbonyl (C=O) groups excluding carboxylic acids is 1. The molecule has 2 heterocycles. The maximum atomic E-state index is 12.7. The maximum Gasteiger partial charge on any atom is 0.332 e. The van der Waals surface area contributed by atoms with Crippen molar-refractivity contribution >= 4 is 11.7 Å². The van der Waals surface area contributed by atoms with Crippen molar-refractivity contribution in [3.05, 3.63) is 62.3 Å². The van der Waals surface area contributed by atoms with E-state index in [1.165, 1.54) is 23.2 Å². The first-order valence-electron chi connectivity index (χ1n) is 10.2. The lowest BCUT2D eigenvalue weighted by atomic mass is 9.97. The Morgan fingerprint density at radius 3 is 2.48 bits per heavy atom. The highest BCUT2D eigenvalue weighted by Gasteiger charge is 2.27. The van der Waals surface area contributed by atoms with Crippen LogP contribution in [0.5, 0.6) is 0 Å². The van der Waals surface area contributed by atoms with E-state index in [4.69, 9.17) is 0 Å².